The van der Waals surface area contributed by atoms with Crippen LogP contribution in [0, 0.1) is 23.5 Å². The summed E-state index contributed by atoms with van der Waals surface area (Å²) < 4.78 is 25.6. The van der Waals surface area contributed by atoms with Gasteiger partial charge in [0, 0.05) is 12.5 Å². The fraction of sp³-hybridized carbons (Fsp3) is 0.333. The normalized spacial score (nSPS) is 11.7. The largest absolute Gasteiger partial charge is 0.388 e. The Balaban J connectivity index is 2.71. The monoisotopic (exact) mass is 210 g/mol. The van der Waals surface area contributed by atoms with Gasteiger partial charge in [0.25, 0.3) is 0 Å². The summed E-state index contributed by atoms with van der Waals surface area (Å²) in [4.78, 5) is 0. The van der Waals surface area contributed by atoms with Gasteiger partial charge >= 0.3 is 0 Å². The smallest absolute Gasteiger partial charge is 0.126 e. The van der Waals surface area contributed by atoms with E-state index in [9.17, 15) is 13.9 Å². The lowest BCUT2D eigenvalue weighted by atomic mass is 10.0. The van der Waals surface area contributed by atoms with Crippen LogP contribution in [0.15, 0.2) is 18.2 Å². The Morgan fingerprint density at radius 1 is 1.27 bits per heavy atom. The molecule has 0 fully saturated rings. The topological polar surface area (TPSA) is 20.2 Å². The van der Waals surface area contributed by atoms with Crippen LogP contribution >= 0.6 is 0 Å². The highest BCUT2D eigenvalue weighted by Gasteiger charge is 2.09. The van der Waals surface area contributed by atoms with Crippen molar-refractivity contribution in [3.8, 4) is 11.8 Å². The molecule has 0 aliphatic rings. The van der Waals surface area contributed by atoms with Gasteiger partial charge in [-0.2, -0.15) is 0 Å². The molecule has 1 aromatic rings. The molecule has 1 N–H and O–H groups in total. The average molecular weight is 210 g/mol. The average Bonchev–Trinajstić information content (AvgIpc) is 2.16. The van der Waals surface area contributed by atoms with Crippen LogP contribution in [0.1, 0.15) is 31.4 Å². The third kappa shape index (κ3) is 3.69. The molecule has 0 aromatic heterocycles. The molecule has 1 atom stereocenters. The lowest BCUT2D eigenvalue weighted by Crippen LogP contribution is -1.98. The first-order valence-electron chi connectivity index (χ1n) is 4.67. The number of halogens is 2. The molecule has 0 radical (unpaired) electrons. The summed E-state index contributed by atoms with van der Waals surface area (Å²) in [7, 11) is 0. The van der Waals surface area contributed by atoms with Crippen molar-refractivity contribution in [2.75, 3.05) is 0 Å². The van der Waals surface area contributed by atoms with Crippen molar-refractivity contribution >= 4 is 0 Å². The van der Waals surface area contributed by atoms with Crippen LogP contribution in [-0.2, 0) is 0 Å². The Morgan fingerprint density at radius 3 is 2.40 bits per heavy atom. The van der Waals surface area contributed by atoms with E-state index in [1.54, 1.807) is 6.92 Å². The quantitative estimate of drug-likeness (QED) is 0.760. The van der Waals surface area contributed by atoms with Crippen LogP contribution in [0.3, 0.4) is 0 Å². The second-order valence-corrected chi connectivity index (χ2v) is 3.18. The first-order valence-corrected chi connectivity index (χ1v) is 4.67. The molecule has 1 unspecified atom stereocenters. The van der Waals surface area contributed by atoms with E-state index in [1.807, 2.05) is 0 Å². The maximum atomic E-state index is 12.8. The third-order valence-corrected chi connectivity index (χ3v) is 1.99. The molecule has 15 heavy (non-hydrogen) atoms. The summed E-state index contributed by atoms with van der Waals surface area (Å²) in [5, 5.41) is 9.59. The molecule has 0 spiro atoms. The molecular weight excluding hydrogens is 198 g/mol. The van der Waals surface area contributed by atoms with E-state index >= 15 is 0 Å². The molecule has 80 valence electrons. The summed E-state index contributed by atoms with van der Waals surface area (Å²) >= 11 is 0. The second kappa shape index (κ2) is 5.47. The van der Waals surface area contributed by atoms with E-state index in [0.29, 0.717) is 12.8 Å². The van der Waals surface area contributed by atoms with Gasteiger partial charge in [-0.3, -0.25) is 0 Å². The Morgan fingerprint density at radius 2 is 1.87 bits per heavy atom. The van der Waals surface area contributed by atoms with Gasteiger partial charge in [-0.15, -0.1) is 11.8 Å². The first kappa shape index (κ1) is 11.7. The minimum Gasteiger partial charge on any atom is -0.388 e. The van der Waals surface area contributed by atoms with Gasteiger partial charge in [-0.1, -0.05) is 0 Å². The number of hydrogen-bond acceptors (Lipinski definition) is 1. The third-order valence-electron chi connectivity index (χ3n) is 1.99. The van der Waals surface area contributed by atoms with E-state index in [0.717, 1.165) is 18.2 Å². The van der Waals surface area contributed by atoms with Crippen molar-refractivity contribution in [1.82, 2.24) is 0 Å². The van der Waals surface area contributed by atoms with E-state index in [4.69, 9.17) is 0 Å². The summed E-state index contributed by atoms with van der Waals surface area (Å²) in [6.45, 7) is 1.70. The molecule has 0 aliphatic carbocycles. The van der Waals surface area contributed by atoms with Crippen LogP contribution in [0.25, 0.3) is 0 Å². The van der Waals surface area contributed by atoms with Crippen LogP contribution in [-0.4, -0.2) is 5.11 Å². The fourth-order valence-corrected chi connectivity index (χ4v) is 1.27. The van der Waals surface area contributed by atoms with E-state index in [1.165, 1.54) is 0 Å². The van der Waals surface area contributed by atoms with Crippen molar-refractivity contribution < 1.29 is 13.9 Å². The number of benzene rings is 1. The molecule has 0 bridgehead atoms. The predicted octanol–water partition coefficient (Wildman–Crippen LogP) is 2.80. The van der Waals surface area contributed by atoms with Crippen LogP contribution < -0.4 is 0 Å². The van der Waals surface area contributed by atoms with Crippen LogP contribution in [0.4, 0.5) is 8.78 Å². The van der Waals surface area contributed by atoms with E-state index < -0.39 is 17.7 Å². The standard InChI is InChI=1S/C12H12F2O/c1-2-3-4-5-12(15)9-6-10(13)8-11(14)7-9/h6-8,12,15H,4-5H2,1H3. The van der Waals surface area contributed by atoms with E-state index in [-0.39, 0.29) is 5.56 Å². The van der Waals surface area contributed by atoms with Crippen molar-refractivity contribution in [2.45, 2.75) is 25.9 Å². The van der Waals surface area contributed by atoms with E-state index in [2.05, 4.69) is 11.8 Å². The van der Waals surface area contributed by atoms with Gasteiger partial charge in [0.15, 0.2) is 0 Å². The molecule has 0 saturated carbocycles. The molecule has 1 nitrogen and oxygen atoms in total. The minimum atomic E-state index is -0.865. The maximum absolute atomic E-state index is 12.8. The predicted molar refractivity (Wildman–Crippen MR) is 54.0 cm³/mol. The summed E-state index contributed by atoms with van der Waals surface area (Å²) in [5.74, 6) is 4.12. The van der Waals surface area contributed by atoms with Crippen LogP contribution in [0.2, 0.25) is 0 Å². The summed E-state index contributed by atoms with van der Waals surface area (Å²) in [6, 6.07) is 3.04. The maximum Gasteiger partial charge on any atom is 0.126 e. The first-order chi connectivity index (χ1) is 7.13. The lowest BCUT2D eigenvalue weighted by molar-refractivity contribution is 0.168. The van der Waals surface area contributed by atoms with Crippen LogP contribution in [0.5, 0.6) is 0 Å². The van der Waals surface area contributed by atoms with Crippen molar-refractivity contribution in [3.05, 3.63) is 35.4 Å². The number of aliphatic hydroxyl groups is 1. The molecule has 0 saturated heterocycles. The van der Waals surface area contributed by atoms with Crippen molar-refractivity contribution in [1.29, 1.82) is 0 Å². The minimum absolute atomic E-state index is 0.255. The molecule has 0 heterocycles. The zero-order chi connectivity index (χ0) is 11.3. The molecule has 1 aromatic carbocycles. The van der Waals surface area contributed by atoms with Crippen molar-refractivity contribution in [3.63, 3.8) is 0 Å². The Kier molecular flexibility index (Phi) is 4.26. The van der Waals surface area contributed by atoms with Gasteiger partial charge in [-0.05, 0) is 31.0 Å². The van der Waals surface area contributed by atoms with Gasteiger partial charge in [0.2, 0.25) is 0 Å². The van der Waals surface area contributed by atoms with Gasteiger partial charge in [0.1, 0.15) is 11.6 Å². The molecule has 0 amide bonds. The highest BCUT2D eigenvalue weighted by Crippen LogP contribution is 2.20. The Hall–Kier alpha value is -1.40. The number of hydrogen-bond donors (Lipinski definition) is 1. The highest BCUT2D eigenvalue weighted by atomic mass is 19.1. The Bertz CT molecular complexity index is 370. The fourth-order valence-electron chi connectivity index (χ4n) is 1.27. The highest BCUT2D eigenvalue weighted by molar-refractivity contribution is 5.20. The Labute approximate surface area is 87.7 Å². The van der Waals surface area contributed by atoms with Gasteiger partial charge < -0.3 is 5.11 Å². The zero-order valence-corrected chi connectivity index (χ0v) is 8.43. The number of aliphatic hydroxyl groups excluding tert-OH is 1. The SMILES string of the molecule is CC#CCCC(O)c1cc(F)cc(F)c1. The number of rotatable bonds is 3. The molecule has 0 aliphatic heterocycles. The lowest BCUT2D eigenvalue weighted by Gasteiger charge is -2.09. The molecular formula is C12H12F2O. The summed E-state index contributed by atoms with van der Waals surface area (Å²) in [6.07, 6.45) is 0.0237. The second-order valence-electron chi connectivity index (χ2n) is 3.18. The molecule has 3 heteroatoms. The zero-order valence-electron chi connectivity index (χ0n) is 8.43. The van der Waals surface area contributed by atoms with Crippen molar-refractivity contribution in [2.24, 2.45) is 0 Å². The van der Waals surface area contributed by atoms with Gasteiger partial charge in [-0.25, -0.2) is 8.78 Å². The summed E-state index contributed by atoms with van der Waals surface area (Å²) in [5.41, 5.74) is 0.255. The van der Waals surface area contributed by atoms with Gasteiger partial charge in [0.05, 0.1) is 6.10 Å². The molecule has 1 rings (SSSR count).